The van der Waals surface area contributed by atoms with E-state index in [1.165, 1.54) is 0 Å². The molecule has 144 valence electrons. The van der Waals surface area contributed by atoms with Crippen molar-refractivity contribution in [1.29, 1.82) is 0 Å². The molecular formula is C24H26N2O2. The Morgan fingerprint density at radius 1 is 0.929 bits per heavy atom. The Kier molecular flexibility index (Phi) is 6.45. The summed E-state index contributed by atoms with van der Waals surface area (Å²) in [7, 11) is 4.02. The molecule has 0 spiro atoms. The summed E-state index contributed by atoms with van der Waals surface area (Å²) in [6.45, 7) is 0.538. The molecular weight excluding hydrogens is 348 g/mol. The van der Waals surface area contributed by atoms with Crippen LogP contribution >= 0.6 is 0 Å². The van der Waals surface area contributed by atoms with Gasteiger partial charge < -0.3 is 15.3 Å². The molecule has 0 aliphatic rings. The van der Waals surface area contributed by atoms with Crippen molar-refractivity contribution >= 4 is 5.91 Å². The minimum atomic E-state index is -0.0722. The number of nitrogens with zero attached hydrogens (tertiary/aromatic N) is 1. The van der Waals surface area contributed by atoms with Crippen LogP contribution in [0.15, 0.2) is 78.9 Å². The van der Waals surface area contributed by atoms with Crippen molar-refractivity contribution in [2.45, 2.75) is 12.5 Å². The van der Waals surface area contributed by atoms with E-state index in [1.807, 2.05) is 80.8 Å². The molecule has 1 unspecified atom stereocenters. The van der Waals surface area contributed by atoms with Crippen LogP contribution in [0.4, 0.5) is 0 Å². The van der Waals surface area contributed by atoms with Crippen LogP contribution in [0.1, 0.15) is 15.9 Å². The third-order valence-corrected chi connectivity index (χ3v) is 4.89. The summed E-state index contributed by atoms with van der Waals surface area (Å²) >= 11 is 0. The zero-order valence-electron chi connectivity index (χ0n) is 16.3. The maximum Gasteiger partial charge on any atom is 0.251 e. The number of carbonyl (C=O) groups is 1. The van der Waals surface area contributed by atoms with Gasteiger partial charge in [0, 0.05) is 18.2 Å². The van der Waals surface area contributed by atoms with Gasteiger partial charge in [0.1, 0.15) is 5.75 Å². The number of nitrogens with one attached hydrogen (secondary N) is 1. The van der Waals surface area contributed by atoms with E-state index in [4.69, 9.17) is 0 Å². The Morgan fingerprint density at radius 2 is 1.57 bits per heavy atom. The average molecular weight is 374 g/mol. The SMILES string of the molecule is CN(C)C(CNC(=O)c1ccccc1-c1ccccc1)Cc1ccc(O)cc1. The van der Waals surface area contributed by atoms with Gasteiger partial charge in [-0.3, -0.25) is 4.79 Å². The lowest BCUT2D eigenvalue weighted by Gasteiger charge is -2.25. The molecule has 0 aromatic heterocycles. The molecule has 2 N–H and O–H groups in total. The Hall–Kier alpha value is -3.11. The number of hydrogen-bond acceptors (Lipinski definition) is 3. The molecule has 0 saturated carbocycles. The van der Waals surface area contributed by atoms with Gasteiger partial charge in [-0.15, -0.1) is 0 Å². The van der Waals surface area contributed by atoms with Crippen LogP contribution in [0, 0.1) is 0 Å². The number of amides is 1. The fourth-order valence-corrected chi connectivity index (χ4v) is 3.20. The molecule has 0 saturated heterocycles. The van der Waals surface area contributed by atoms with Gasteiger partial charge >= 0.3 is 0 Å². The van der Waals surface area contributed by atoms with Crippen LogP contribution in [-0.2, 0) is 6.42 Å². The van der Waals surface area contributed by atoms with E-state index in [2.05, 4.69) is 10.2 Å². The predicted octanol–water partition coefficient (Wildman–Crippen LogP) is 3.96. The Morgan fingerprint density at radius 3 is 2.25 bits per heavy atom. The number of hydrogen-bond donors (Lipinski definition) is 2. The van der Waals surface area contributed by atoms with Crippen LogP contribution in [0.2, 0.25) is 0 Å². The van der Waals surface area contributed by atoms with Gasteiger partial charge in [-0.1, -0.05) is 60.7 Å². The van der Waals surface area contributed by atoms with Crippen LogP contribution < -0.4 is 5.32 Å². The van der Waals surface area contributed by atoms with E-state index in [1.54, 1.807) is 12.1 Å². The molecule has 3 rings (SSSR count). The van der Waals surface area contributed by atoms with Crippen LogP contribution in [0.25, 0.3) is 11.1 Å². The molecule has 28 heavy (non-hydrogen) atoms. The first-order valence-corrected chi connectivity index (χ1v) is 9.41. The zero-order chi connectivity index (χ0) is 19.9. The molecule has 1 atom stereocenters. The van der Waals surface area contributed by atoms with Crippen molar-refractivity contribution in [2.75, 3.05) is 20.6 Å². The number of phenols is 1. The molecule has 4 heteroatoms. The van der Waals surface area contributed by atoms with Crippen molar-refractivity contribution in [2.24, 2.45) is 0 Å². The largest absolute Gasteiger partial charge is 0.508 e. The summed E-state index contributed by atoms with van der Waals surface area (Å²) < 4.78 is 0. The molecule has 3 aromatic rings. The van der Waals surface area contributed by atoms with Crippen molar-refractivity contribution in [3.63, 3.8) is 0 Å². The molecule has 0 bridgehead atoms. The first kappa shape index (κ1) is 19.6. The maximum absolute atomic E-state index is 12.9. The lowest BCUT2D eigenvalue weighted by Crippen LogP contribution is -2.41. The third kappa shape index (κ3) is 4.99. The Labute approximate surface area is 166 Å². The van der Waals surface area contributed by atoms with E-state index >= 15 is 0 Å². The van der Waals surface area contributed by atoms with Crippen molar-refractivity contribution in [3.8, 4) is 16.9 Å². The molecule has 0 aliphatic heterocycles. The van der Waals surface area contributed by atoms with E-state index in [-0.39, 0.29) is 17.7 Å². The topological polar surface area (TPSA) is 52.6 Å². The van der Waals surface area contributed by atoms with Gasteiger partial charge in [0.25, 0.3) is 5.91 Å². The number of likely N-dealkylation sites (N-methyl/N-ethyl adjacent to an activating group) is 1. The summed E-state index contributed by atoms with van der Waals surface area (Å²) in [6.07, 6.45) is 0.786. The summed E-state index contributed by atoms with van der Waals surface area (Å²) in [5, 5.41) is 12.5. The zero-order valence-corrected chi connectivity index (χ0v) is 16.3. The highest BCUT2D eigenvalue weighted by Crippen LogP contribution is 2.23. The fraction of sp³-hybridized carbons (Fsp3) is 0.208. The lowest BCUT2D eigenvalue weighted by molar-refractivity contribution is 0.0942. The monoisotopic (exact) mass is 374 g/mol. The minimum absolute atomic E-state index is 0.0722. The number of aromatic hydroxyl groups is 1. The standard InChI is InChI=1S/C24H26N2O2/c1-26(2)20(16-18-12-14-21(27)15-13-18)17-25-24(28)23-11-7-6-10-22(23)19-8-4-3-5-9-19/h3-15,20,27H,16-17H2,1-2H3,(H,25,28). The second-order valence-electron chi connectivity index (χ2n) is 7.11. The lowest BCUT2D eigenvalue weighted by atomic mass is 9.99. The minimum Gasteiger partial charge on any atom is -0.508 e. The highest BCUT2D eigenvalue weighted by molar-refractivity contribution is 6.00. The molecule has 0 radical (unpaired) electrons. The molecule has 0 aliphatic carbocycles. The van der Waals surface area contributed by atoms with E-state index in [0.717, 1.165) is 23.1 Å². The van der Waals surface area contributed by atoms with E-state index in [9.17, 15) is 9.90 Å². The van der Waals surface area contributed by atoms with Crippen LogP contribution in [0.5, 0.6) is 5.75 Å². The summed E-state index contributed by atoms with van der Waals surface area (Å²) in [4.78, 5) is 15.0. The number of phenolic OH excluding ortho intramolecular Hbond substituents is 1. The van der Waals surface area contributed by atoms with Crippen LogP contribution in [0.3, 0.4) is 0 Å². The van der Waals surface area contributed by atoms with Gasteiger partial charge in [-0.05, 0) is 55.4 Å². The van der Waals surface area contributed by atoms with Gasteiger partial charge in [0.05, 0.1) is 0 Å². The van der Waals surface area contributed by atoms with Crippen molar-refractivity contribution in [3.05, 3.63) is 90.0 Å². The van der Waals surface area contributed by atoms with Gasteiger partial charge in [0.15, 0.2) is 0 Å². The number of carbonyl (C=O) groups excluding carboxylic acids is 1. The average Bonchev–Trinajstić information content (AvgIpc) is 2.72. The smallest absolute Gasteiger partial charge is 0.251 e. The Bertz CT molecular complexity index is 905. The Balaban J connectivity index is 1.71. The quantitative estimate of drug-likeness (QED) is 0.658. The summed E-state index contributed by atoms with van der Waals surface area (Å²) in [5.41, 5.74) is 3.76. The van der Waals surface area contributed by atoms with E-state index in [0.29, 0.717) is 12.1 Å². The molecule has 0 heterocycles. The molecule has 3 aromatic carbocycles. The highest BCUT2D eigenvalue weighted by Gasteiger charge is 2.16. The summed E-state index contributed by atoms with van der Waals surface area (Å²) in [6, 6.07) is 25.0. The maximum atomic E-state index is 12.9. The van der Waals surface area contributed by atoms with Crippen LogP contribution in [-0.4, -0.2) is 42.6 Å². The number of benzene rings is 3. The summed E-state index contributed by atoms with van der Waals surface area (Å²) in [5.74, 6) is 0.188. The fourth-order valence-electron chi connectivity index (χ4n) is 3.20. The van der Waals surface area contributed by atoms with Gasteiger partial charge in [-0.2, -0.15) is 0 Å². The van der Waals surface area contributed by atoms with Crippen molar-refractivity contribution in [1.82, 2.24) is 10.2 Å². The van der Waals surface area contributed by atoms with E-state index < -0.39 is 0 Å². The highest BCUT2D eigenvalue weighted by atomic mass is 16.3. The molecule has 4 nitrogen and oxygen atoms in total. The van der Waals surface area contributed by atoms with Crippen molar-refractivity contribution < 1.29 is 9.90 Å². The predicted molar refractivity (Wildman–Crippen MR) is 113 cm³/mol. The first-order chi connectivity index (χ1) is 13.5. The third-order valence-electron chi connectivity index (χ3n) is 4.89. The molecule has 0 fully saturated rings. The number of rotatable bonds is 7. The van der Waals surface area contributed by atoms with Gasteiger partial charge in [0.2, 0.25) is 0 Å². The molecule has 1 amide bonds. The van der Waals surface area contributed by atoms with Gasteiger partial charge in [-0.25, -0.2) is 0 Å². The first-order valence-electron chi connectivity index (χ1n) is 9.41. The normalized spacial score (nSPS) is 12.0. The second-order valence-corrected chi connectivity index (χ2v) is 7.11. The second kappa shape index (κ2) is 9.20.